The monoisotopic (exact) mass is 181 g/mol. The third-order valence-electron chi connectivity index (χ3n) is 2.51. The molecular weight excluding hydrogens is 166 g/mol. The summed E-state index contributed by atoms with van der Waals surface area (Å²) in [6.45, 7) is 5.97. The van der Waals surface area contributed by atoms with Crippen molar-refractivity contribution in [3.05, 3.63) is 0 Å². The molecule has 1 heterocycles. The normalized spacial score (nSPS) is 22.1. The number of hydrogen-bond acceptors (Lipinski definition) is 3. The molecule has 0 aromatic heterocycles. The lowest BCUT2D eigenvalue weighted by atomic mass is 9.99. The minimum Gasteiger partial charge on any atom is -0.353 e. The van der Waals surface area contributed by atoms with Crippen LogP contribution in [0.1, 0.15) is 20.3 Å². The Kier molecular flexibility index (Phi) is 2.89. The molecule has 1 aliphatic rings. The highest BCUT2D eigenvalue weighted by Gasteiger charge is 2.36. The first-order valence-corrected chi connectivity index (χ1v) is 4.49. The Morgan fingerprint density at radius 2 is 2.38 bits per heavy atom. The lowest BCUT2D eigenvalue weighted by molar-refractivity contribution is -0.134. The molecule has 1 saturated heterocycles. The van der Waals surface area contributed by atoms with Gasteiger partial charge < -0.3 is 5.32 Å². The van der Waals surface area contributed by atoms with E-state index in [-0.39, 0.29) is 5.91 Å². The van der Waals surface area contributed by atoms with Gasteiger partial charge in [-0.05, 0) is 13.8 Å². The highest BCUT2D eigenvalue weighted by Crippen LogP contribution is 2.17. The lowest BCUT2D eigenvalue weighted by Gasteiger charge is -2.40. The fourth-order valence-electron chi connectivity index (χ4n) is 1.52. The van der Waals surface area contributed by atoms with Crippen molar-refractivity contribution in [2.24, 2.45) is 0 Å². The zero-order valence-electron chi connectivity index (χ0n) is 8.13. The van der Waals surface area contributed by atoms with Gasteiger partial charge in [-0.3, -0.25) is 9.69 Å². The topological polar surface area (TPSA) is 56.1 Å². The van der Waals surface area contributed by atoms with Gasteiger partial charge in [0.2, 0.25) is 5.91 Å². The quantitative estimate of drug-likeness (QED) is 0.658. The molecular formula is C9H15N3O. The lowest BCUT2D eigenvalue weighted by Crippen LogP contribution is -2.61. The summed E-state index contributed by atoms with van der Waals surface area (Å²) in [5.74, 6) is 0.0525. The van der Waals surface area contributed by atoms with E-state index in [2.05, 4.69) is 16.3 Å². The number of amides is 1. The molecule has 0 saturated carbocycles. The molecule has 0 aromatic carbocycles. The summed E-state index contributed by atoms with van der Waals surface area (Å²) in [5, 5.41) is 11.3. The van der Waals surface area contributed by atoms with Crippen LogP contribution in [0.2, 0.25) is 0 Å². The molecule has 4 nitrogen and oxygen atoms in total. The van der Waals surface area contributed by atoms with Gasteiger partial charge in [-0.25, -0.2) is 0 Å². The van der Waals surface area contributed by atoms with E-state index in [1.54, 1.807) is 0 Å². The maximum Gasteiger partial charge on any atom is 0.239 e. The van der Waals surface area contributed by atoms with E-state index in [0.717, 1.165) is 6.54 Å². The third-order valence-corrected chi connectivity index (χ3v) is 2.51. The Bertz CT molecular complexity index is 242. The third kappa shape index (κ3) is 1.99. The van der Waals surface area contributed by atoms with Crippen LogP contribution in [0.25, 0.3) is 0 Å². The van der Waals surface area contributed by atoms with Gasteiger partial charge in [0.15, 0.2) is 0 Å². The Hall–Kier alpha value is -1.08. The van der Waals surface area contributed by atoms with Crippen molar-refractivity contribution < 1.29 is 4.79 Å². The van der Waals surface area contributed by atoms with Crippen LogP contribution in [0.5, 0.6) is 0 Å². The smallest absolute Gasteiger partial charge is 0.239 e. The van der Waals surface area contributed by atoms with Crippen molar-refractivity contribution in [2.45, 2.75) is 25.8 Å². The Balaban J connectivity index is 2.62. The zero-order chi connectivity index (χ0) is 9.90. The van der Waals surface area contributed by atoms with Crippen LogP contribution in [0.4, 0.5) is 0 Å². The van der Waals surface area contributed by atoms with Crippen molar-refractivity contribution in [3.63, 3.8) is 0 Å². The molecule has 13 heavy (non-hydrogen) atoms. The SMILES string of the molecule is CC1(C)C(=O)NCCN1CCC#N. The maximum absolute atomic E-state index is 11.5. The van der Waals surface area contributed by atoms with Crippen molar-refractivity contribution >= 4 is 5.91 Å². The van der Waals surface area contributed by atoms with Crippen LogP contribution >= 0.6 is 0 Å². The minimum absolute atomic E-state index is 0.0525. The molecule has 1 amide bonds. The molecule has 1 N–H and O–H groups in total. The van der Waals surface area contributed by atoms with Crippen LogP contribution in [0.3, 0.4) is 0 Å². The second-order valence-electron chi connectivity index (χ2n) is 3.71. The molecule has 0 spiro atoms. The number of nitrogens with one attached hydrogen (secondary N) is 1. The van der Waals surface area contributed by atoms with Crippen LogP contribution in [-0.2, 0) is 4.79 Å². The van der Waals surface area contributed by atoms with E-state index >= 15 is 0 Å². The average Bonchev–Trinajstić information content (AvgIpc) is 2.08. The summed E-state index contributed by atoms with van der Waals surface area (Å²) in [5.41, 5.74) is -0.463. The predicted molar refractivity (Wildman–Crippen MR) is 48.9 cm³/mol. The van der Waals surface area contributed by atoms with Crippen LogP contribution < -0.4 is 5.32 Å². The van der Waals surface area contributed by atoms with E-state index < -0.39 is 5.54 Å². The average molecular weight is 181 g/mol. The molecule has 1 aliphatic heterocycles. The first-order valence-electron chi connectivity index (χ1n) is 4.49. The van der Waals surface area contributed by atoms with Crippen LogP contribution in [0, 0.1) is 11.3 Å². The van der Waals surface area contributed by atoms with Gasteiger partial charge in [0, 0.05) is 26.1 Å². The van der Waals surface area contributed by atoms with E-state index in [1.807, 2.05) is 13.8 Å². The molecule has 0 aromatic rings. The minimum atomic E-state index is -0.463. The number of rotatable bonds is 2. The zero-order valence-corrected chi connectivity index (χ0v) is 8.13. The first-order chi connectivity index (χ1) is 6.09. The molecule has 4 heteroatoms. The first kappa shape index (κ1) is 10.0. The number of piperazine rings is 1. The summed E-state index contributed by atoms with van der Waals surface area (Å²) < 4.78 is 0. The molecule has 1 fully saturated rings. The number of nitriles is 1. The van der Waals surface area contributed by atoms with Gasteiger partial charge in [-0.15, -0.1) is 0 Å². The molecule has 0 bridgehead atoms. The molecule has 0 unspecified atom stereocenters. The van der Waals surface area contributed by atoms with Gasteiger partial charge in [-0.1, -0.05) is 0 Å². The summed E-state index contributed by atoms with van der Waals surface area (Å²) in [6.07, 6.45) is 0.483. The predicted octanol–water partition coefficient (Wildman–Crippen LogP) is 0.110. The van der Waals surface area contributed by atoms with Crippen molar-refractivity contribution in [1.82, 2.24) is 10.2 Å². The van der Waals surface area contributed by atoms with Crippen molar-refractivity contribution in [2.75, 3.05) is 19.6 Å². The molecule has 0 aliphatic carbocycles. The van der Waals surface area contributed by atoms with Gasteiger partial charge in [0.05, 0.1) is 11.6 Å². The second-order valence-corrected chi connectivity index (χ2v) is 3.71. The number of carbonyl (C=O) groups excluding carboxylic acids is 1. The number of hydrogen-bond donors (Lipinski definition) is 1. The molecule has 1 rings (SSSR count). The molecule has 0 radical (unpaired) electrons. The van der Waals surface area contributed by atoms with Gasteiger partial charge in [-0.2, -0.15) is 5.26 Å². The standard InChI is InChI=1S/C9H15N3O/c1-9(2)8(13)11-5-7-12(9)6-3-4-10/h3,5-7H2,1-2H3,(H,11,13). The Morgan fingerprint density at radius 1 is 1.69 bits per heavy atom. The largest absolute Gasteiger partial charge is 0.353 e. The van der Waals surface area contributed by atoms with Gasteiger partial charge in [0.1, 0.15) is 0 Å². The van der Waals surface area contributed by atoms with Crippen LogP contribution in [0.15, 0.2) is 0 Å². The van der Waals surface area contributed by atoms with E-state index in [0.29, 0.717) is 19.5 Å². The number of nitrogens with zero attached hydrogens (tertiary/aromatic N) is 2. The fraction of sp³-hybridized carbons (Fsp3) is 0.778. The maximum atomic E-state index is 11.5. The summed E-state index contributed by atoms with van der Waals surface area (Å²) in [7, 11) is 0. The van der Waals surface area contributed by atoms with Gasteiger partial charge in [0.25, 0.3) is 0 Å². The summed E-state index contributed by atoms with van der Waals surface area (Å²) in [4.78, 5) is 13.5. The van der Waals surface area contributed by atoms with Gasteiger partial charge >= 0.3 is 0 Å². The summed E-state index contributed by atoms with van der Waals surface area (Å²) >= 11 is 0. The second kappa shape index (κ2) is 3.75. The van der Waals surface area contributed by atoms with E-state index in [9.17, 15) is 4.79 Å². The van der Waals surface area contributed by atoms with Crippen molar-refractivity contribution in [1.29, 1.82) is 5.26 Å². The Morgan fingerprint density at radius 3 is 3.00 bits per heavy atom. The van der Waals surface area contributed by atoms with Crippen LogP contribution in [-0.4, -0.2) is 36.0 Å². The molecule has 0 atom stereocenters. The van der Waals surface area contributed by atoms with E-state index in [4.69, 9.17) is 5.26 Å². The molecule has 72 valence electrons. The van der Waals surface area contributed by atoms with E-state index in [1.165, 1.54) is 0 Å². The number of carbonyl (C=O) groups is 1. The fourth-order valence-corrected chi connectivity index (χ4v) is 1.52. The Labute approximate surface area is 78.5 Å². The summed E-state index contributed by atoms with van der Waals surface area (Å²) in [6, 6.07) is 2.09. The van der Waals surface area contributed by atoms with Crippen molar-refractivity contribution in [3.8, 4) is 6.07 Å². The highest BCUT2D eigenvalue weighted by molar-refractivity contribution is 5.86. The highest BCUT2D eigenvalue weighted by atomic mass is 16.2.